The van der Waals surface area contributed by atoms with E-state index >= 15 is 0 Å². The highest BCUT2D eigenvalue weighted by Crippen LogP contribution is 2.42. The Morgan fingerprint density at radius 2 is 0.537 bits per heavy atom. The third-order valence-corrected chi connectivity index (χ3v) is 24.7. The van der Waals surface area contributed by atoms with Crippen molar-refractivity contribution >= 4 is 35.7 Å². The maximum atomic E-state index is 14.8. The summed E-state index contributed by atoms with van der Waals surface area (Å²) in [6.45, 7) is 7.60. The second kappa shape index (κ2) is 55.4. The molecule has 0 radical (unpaired) electrons. The third kappa shape index (κ3) is 30.9. The molecule has 35 heteroatoms. The van der Waals surface area contributed by atoms with Gasteiger partial charge in [0.25, 0.3) is 0 Å². The highest BCUT2D eigenvalue weighted by atomic mass is 16.8. The fourth-order valence-electron chi connectivity index (χ4n) is 17.5. The molecule has 4 aliphatic rings. The first-order valence-electron chi connectivity index (χ1n) is 49.1. The van der Waals surface area contributed by atoms with Crippen molar-refractivity contribution < 1.29 is 128 Å². The lowest BCUT2D eigenvalue weighted by molar-refractivity contribution is -0.350. The van der Waals surface area contributed by atoms with Gasteiger partial charge in [-0.15, -0.1) is 10.2 Å². The second-order valence-corrected chi connectivity index (χ2v) is 35.5. The zero-order valence-electron chi connectivity index (χ0n) is 82.0. The molecule has 0 unspecified atom stereocenters. The summed E-state index contributed by atoms with van der Waals surface area (Å²) in [6.07, 6.45) is -17.6. The van der Waals surface area contributed by atoms with E-state index in [1.165, 1.54) is 23.2 Å². The van der Waals surface area contributed by atoms with E-state index in [0.29, 0.717) is 11.4 Å². The van der Waals surface area contributed by atoms with Crippen LogP contribution in [-0.2, 0) is 162 Å². The number of nitrogens with one attached hydrogen (secondary N) is 2. The number of rotatable bonds is 52. The molecule has 0 spiro atoms. The molecule has 16 rings (SSSR count). The number of carbonyl (C=O) groups is 6. The lowest BCUT2D eigenvalue weighted by atomic mass is 9.94. The van der Waals surface area contributed by atoms with E-state index in [9.17, 15) is 28.8 Å². The van der Waals surface area contributed by atoms with Crippen LogP contribution >= 0.6 is 0 Å². The molecule has 10 aromatic carbocycles. The Bertz CT molecular complexity index is 5610. The fraction of sp³-hybridized carbons (Fsp3) is 0.375. The second-order valence-electron chi connectivity index (χ2n) is 35.5. The van der Waals surface area contributed by atoms with Crippen LogP contribution in [0.5, 0.6) is 0 Å². The molecule has 147 heavy (non-hydrogen) atoms. The summed E-state index contributed by atoms with van der Waals surface area (Å²) in [7, 11) is 0. The number of hydrogen-bond donors (Lipinski definition) is 2. The molecule has 20 atom stereocenters. The van der Waals surface area contributed by atoms with E-state index in [1.54, 1.807) is 134 Å². The monoisotopic (exact) mass is 2010 g/mol. The summed E-state index contributed by atoms with van der Waals surface area (Å²) in [4.78, 5) is 85.1. The molecule has 12 aromatic rings. The van der Waals surface area contributed by atoms with Gasteiger partial charge in [-0.1, -0.05) is 265 Å². The molecule has 4 saturated heterocycles. The van der Waals surface area contributed by atoms with Crippen LogP contribution < -0.4 is 10.6 Å². The molecule has 0 bridgehead atoms. The minimum absolute atomic E-state index is 0.0471. The predicted octanol–water partition coefficient (Wildman–Crippen LogP) is 13.4. The number of carbonyl (C=O) groups excluding carboxylic acids is 6. The maximum Gasteiger partial charge on any atom is 0.338 e. The Hall–Kier alpha value is -13.4. The number of benzene rings is 10. The largest absolute Gasteiger partial charge is 0.459 e. The molecule has 772 valence electrons. The molecule has 4 aliphatic heterocycles. The van der Waals surface area contributed by atoms with Crippen LogP contribution in [0.4, 0.5) is 0 Å². The minimum atomic E-state index is -1.47. The Morgan fingerprint density at radius 1 is 0.286 bits per heavy atom. The minimum Gasteiger partial charge on any atom is -0.459 e. The smallest absolute Gasteiger partial charge is 0.338 e. The first kappa shape index (κ1) is 106. The molecule has 35 nitrogen and oxygen atoms in total. The van der Waals surface area contributed by atoms with Gasteiger partial charge in [-0.3, -0.25) is 9.59 Å². The van der Waals surface area contributed by atoms with Crippen molar-refractivity contribution in [1.82, 2.24) is 40.6 Å². The van der Waals surface area contributed by atoms with Crippen LogP contribution in [0.15, 0.2) is 316 Å². The summed E-state index contributed by atoms with van der Waals surface area (Å²) >= 11 is 0. The number of aromatic nitrogens is 6. The summed E-state index contributed by atoms with van der Waals surface area (Å²) in [5.41, 5.74) is 6.79. The Labute approximate surface area is 852 Å². The van der Waals surface area contributed by atoms with Crippen molar-refractivity contribution in [3.05, 3.63) is 383 Å². The zero-order chi connectivity index (χ0) is 102. The molecule has 0 saturated carbocycles. The first-order chi connectivity index (χ1) is 72.1. The van der Waals surface area contributed by atoms with Crippen LogP contribution in [0.25, 0.3) is 0 Å². The Morgan fingerprint density at radius 3 is 0.816 bits per heavy atom. The number of hydrogen-bond acceptors (Lipinski definition) is 31. The van der Waals surface area contributed by atoms with Crippen LogP contribution in [0.1, 0.15) is 126 Å². The molecule has 2 N–H and O–H groups in total. The number of nitrogens with zero attached hydrogens (tertiary/aromatic N) is 6. The van der Waals surface area contributed by atoms with Crippen LogP contribution in [0.2, 0.25) is 0 Å². The average Bonchev–Trinajstić information content (AvgIpc) is 1.69. The van der Waals surface area contributed by atoms with Crippen molar-refractivity contribution in [3.8, 4) is 0 Å². The molecule has 2 aromatic heterocycles. The standard InChI is InChI=1S/C112H122N8O27/c1-75-95(132-65-79-35-15-5-16-36-79)101(134-67-81-39-19-7-20-40-81)103(136-69-83-43-23-9-24-44-83)111(140-75)146-97-91(73-138-107(123)85-47-27-11-28-48-85)142-105(93(113-77(3)121)99(97)144-109(125)87-51-31-13-32-52-87)119-63-89(115-117-119)71-130-61-59-128-57-55-127-56-58-129-60-62-131-72-90-64-120(118-116-90)106-94(114-78(4)122)100(145-110(126)88-53-33-14-34-54-88)98(92(143-106)74-139-108(124)86-49-29-12-30-50-86)147-112-104(137-70-84-45-25-10-26-46-84)102(135-68-82-41-21-8-22-42-82)96(76(2)141-112)133-66-80-37-17-6-18-38-80/h5-54,63-64,75-76,91-106,111-112H,55-62,65-74H2,1-4H3,(H,113,121)(H,114,122)/t75-,76-,91+,92+,93+,94+,95+,96+,97+,98+,99+,100+,101+,102+,103-,104-,105+,106+,111-,112-/m0/s1. The summed E-state index contributed by atoms with van der Waals surface area (Å²) < 4.78 is 142. The number of ether oxygens (including phenoxy) is 21. The van der Waals surface area contributed by atoms with Crippen LogP contribution in [-0.4, -0.2) is 242 Å². The van der Waals surface area contributed by atoms with Crippen molar-refractivity contribution in [1.29, 1.82) is 0 Å². The zero-order valence-corrected chi connectivity index (χ0v) is 82.0. The van der Waals surface area contributed by atoms with Gasteiger partial charge in [0.05, 0.1) is 153 Å². The molecular weight excluding hydrogens is 1890 g/mol. The van der Waals surface area contributed by atoms with Crippen LogP contribution in [0.3, 0.4) is 0 Å². The van der Waals surface area contributed by atoms with Gasteiger partial charge in [-0.2, -0.15) is 0 Å². The van der Waals surface area contributed by atoms with Gasteiger partial charge in [0.2, 0.25) is 11.8 Å². The molecule has 2 amide bonds. The topological polar surface area (TPSA) is 382 Å². The van der Waals surface area contributed by atoms with Gasteiger partial charge >= 0.3 is 23.9 Å². The van der Waals surface area contributed by atoms with Crippen molar-refractivity contribution in [2.45, 2.75) is 203 Å². The summed E-state index contributed by atoms with van der Waals surface area (Å²) in [6, 6.07) is 88.8. The van der Waals surface area contributed by atoms with Gasteiger partial charge in [0.15, 0.2) is 37.2 Å². The van der Waals surface area contributed by atoms with E-state index in [1.807, 2.05) is 196 Å². The maximum absolute atomic E-state index is 14.8. The fourth-order valence-corrected chi connectivity index (χ4v) is 17.5. The highest BCUT2D eigenvalue weighted by Gasteiger charge is 2.58. The van der Waals surface area contributed by atoms with E-state index in [2.05, 4.69) is 31.3 Å². The third-order valence-electron chi connectivity index (χ3n) is 24.7. The first-order valence-corrected chi connectivity index (χ1v) is 49.1. The SMILES string of the molecule is CC(=O)N[C@@H]1[C@@H](OC(=O)c2ccccc2)[C@H](O[C@@H]2O[C@@H](C)[C@@H](OCc3ccccc3)[C@@H](OCc3ccccc3)[C@@H]2OCc2ccccc2)[C@@H](COC(=O)c2ccccc2)O[C@H]1n1cc(COCCOCCOCCOCCOCc2cn([C@@H]3O[C@H](COC(=O)c4ccccc4)[C@@H](O[C@@H]4O[C@@H](C)[C@@H](OCc5ccccc5)[C@@H](OCc5ccccc5)[C@@H]4OCc4ccccc4)[C@H](OC(=O)c4ccccc4)[C@H]3NC(C)=O)nn2)nn1. The Balaban J connectivity index is 0.545. The molecule has 0 aliphatic carbocycles. The number of esters is 4. The summed E-state index contributed by atoms with van der Waals surface area (Å²) in [5, 5.41) is 23.8. The lowest BCUT2D eigenvalue weighted by Gasteiger charge is -2.49. The van der Waals surface area contributed by atoms with Crippen molar-refractivity contribution in [2.75, 3.05) is 66.1 Å². The van der Waals surface area contributed by atoms with Gasteiger partial charge in [0.1, 0.15) is 97.7 Å². The summed E-state index contributed by atoms with van der Waals surface area (Å²) in [5.74, 6) is -4.02. The number of amides is 2. The Kier molecular flexibility index (Phi) is 40.1. The predicted molar refractivity (Wildman–Crippen MR) is 528 cm³/mol. The lowest BCUT2D eigenvalue weighted by Crippen LogP contribution is -2.67. The molecular formula is C112H122N8O27. The van der Waals surface area contributed by atoms with Crippen molar-refractivity contribution in [2.24, 2.45) is 0 Å². The van der Waals surface area contributed by atoms with Crippen molar-refractivity contribution in [3.63, 3.8) is 0 Å². The van der Waals surface area contributed by atoms with E-state index in [-0.39, 0.29) is 128 Å². The van der Waals surface area contributed by atoms with Gasteiger partial charge in [-0.05, 0) is 95.8 Å². The van der Waals surface area contributed by atoms with E-state index < -0.39 is 171 Å². The van der Waals surface area contributed by atoms with E-state index in [4.69, 9.17) is 99.5 Å². The molecule has 4 fully saturated rings. The van der Waals surface area contributed by atoms with Gasteiger partial charge in [-0.25, -0.2) is 28.5 Å². The normalized spacial score (nSPS) is 23.9. The van der Waals surface area contributed by atoms with E-state index in [0.717, 1.165) is 33.4 Å². The van der Waals surface area contributed by atoms with Gasteiger partial charge < -0.3 is 110 Å². The quantitative estimate of drug-likeness (QED) is 0.0203. The van der Waals surface area contributed by atoms with Gasteiger partial charge in [0, 0.05) is 13.8 Å². The molecule has 6 heterocycles. The van der Waals surface area contributed by atoms with Crippen LogP contribution in [0, 0.1) is 0 Å². The average molecular weight is 2010 g/mol. The highest BCUT2D eigenvalue weighted by molar-refractivity contribution is 5.91.